The number of ketones is 1. The molecule has 1 N–H and O–H groups in total. The number of benzene rings is 2. The molecule has 2 aromatic carbocycles. The quantitative estimate of drug-likeness (QED) is 0.822. The highest BCUT2D eigenvalue weighted by molar-refractivity contribution is 6.24. The number of Topliss-reactive ketones (excluding diaryl/α,β-unsaturated/α-hetero) is 1. The van der Waals surface area contributed by atoms with Crippen LogP contribution in [0.3, 0.4) is 0 Å². The van der Waals surface area contributed by atoms with Crippen molar-refractivity contribution in [3.8, 4) is 11.1 Å². The molecule has 0 heterocycles. The van der Waals surface area contributed by atoms with Crippen molar-refractivity contribution in [2.75, 3.05) is 0 Å². The third-order valence-corrected chi connectivity index (χ3v) is 5.58. The van der Waals surface area contributed by atoms with Crippen molar-refractivity contribution >= 4 is 11.4 Å². The molecule has 4 rings (SSSR count). The molecule has 0 amide bonds. The second kappa shape index (κ2) is 5.62. The average molecular weight is 318 g/mol. The molecule has 122 valence electrons. The van der Waals surface area contributed by atoms with Crippen LogP contribution in [-0.2, 0) is 4.79 Å². The average Bonchev–Trinajstić information content (AvgIpc) is 3.03. The highest BCUT2D eigenvalue weighted by atomic mass is 16.3. The number of carbonyl (C=O) groups is 1. The van der Waals surface area contributed by atoms with Gasteiger partial charge >= 0.3 is 0 Å². The van der Waals surface area contributed by atoms with Crippen LogP contribution in [0.25, 0.3) is 16.7 Å². The minimum absolute atomic E-state index is 0.105. The zero-order valence-corrected chi connectivity index (χ0v) is 14.2. The lowest BCUT2D eigenvalue weighted by molar-refractivity contribution is -0.117. The van der Waals surface area contributed by atoms with E-state index in [1.165, 1.54) is 5.56 Å². The summed E-state index contributed by atoms with van der Waals surface area (Å²) in [6, 6.07) is 14.5. The number of aryl methyl sites for hydroxylation is 2. The van der Waals surface area contributed by atoms with E-state index in [4.69, 9.17) is 0 Å². The van der Waals surface area contributed by atoms with E-state index >= 15 is 0 Å². The Labute approximate surface area is 142 Å². The first-order valence-electron chi connectivity index (χ1n) is 8.70. The molecule has 1 fully saturated rings. The Morgan fingerprint density at radius 2 is 1.54 bits per heavy atom. The highest BCUT2D eigenvalue weighted by Gasteiger charge is 2.41. The summed E-state index contributed by atoms with van der Waals surface area (Å²) in [6.45, 7) is 4.08. The van der Waals surface area contributed by atoms with Crippen molar-refractivity contribution in [1.82, 2.24) is 0 Å². The number of rotatable bonds is 2. The maximum absolute atomic E-state index is 12.8. The van der Waals surface area contributed by atoms with Crippen LogP contribution in [0.4, 0.5) is 0 Å². The van der Waals surface area contributed by atoms with E-state index in [-0.39, 0.29) is 17.6 Å². The number of aliphatic hydroxyl groups is 1. The first-order valence-corrected chi connectivity index (χ1v) is 8.70. The standard InChI is InChI=1S/C22H22O2/c1-13-10-18(15-6-4-3-5-7-15)11-14(2)19(13)20-21(23)16-8-9-17(12-16)22(20)24/h3-7,10-11,16-17,23H,8-9,12H2,1-2H3. The summed E-state index contributed by atoms with van der Waals surface area (Å²) in [7, 11) is 0. The molecule has 2 aromatic rings. The van der Waals surface area contributed by atoms with Gasteiger partial charge in [0.25, 0.3) is 0 Å². The molecule has 1 saturated carbocycles. The van der Waals surface area contributed by atoms with Gasteiger partial charge in [-0.25, -0.2) is 0 Å². The fourth-order valence-electron chi connectivity index (χ4n) is 4.41. The van der Waals surface area contributed by atoms with Crippen LogP contribution in [0.1, 0.15) is 36.0 Å². The predicted molar refractivity (Wildman–Crippen MR) is 96.7 cm³/mol. The van der Waals surface area contributed by atoms with Crippen molar-refractivity contribution in [2.45, 2.75) is 33.1 Å². The van der Waals surface area contributed by atoms with E-state index in [2.05, 4.69) is 24.3 Å². The minimum Gasteiger partial charge on any atom is -0.511 e. The van der Waals surface area contributed by atoms with Crippen LogP contribution in [0.5, 0.6) is 0 Å². The third kappa shape index (κ3) is 2.29. The first-order chi connectivity index (χ1) is 11.6. The zero-order valence-electron chi connectivity index (χ0n) is 14.2. The van der Waals surface area contributed by atoms with Gasteiger partial charge in [-0.05, 0) is 60.9 Å². The van der Waals surface area contributed by atoms with E-state index in [1.807, 2.05) is 32.0 Å². The van der Waals surface area contributed by atoms with Gasteiger partial charge in [-0.2, -0.15) is 0 Å². The van der Waals surface area contributed by atoms with E-state index in [1.54, 1.807) is 0 Å². The SMILES string of the molecule is Cc1cc(-c2ccccc2)cc(C)c1C1=C(O)C2CCC(C2)C1=O. The van der Waals surface area contributed by atoms with Crippen LogP contribution < -0.4 is 0 Å². The van der Waals surface area contributed by atoms with Gasteiger partial charge in [0, 0.05) is 11.8 Å². The number of allylic oxidation sites excluding steroid dienone is 2. The Bertz CT molecular complexity index is 823. The minimum atomic E-state index is 0.105. The summed E-state index contributed by atoms with van der Waals surface area (Å²) in [4.78, 5) is 12.8. The van der Waals surface area contributed by atoms with Gasteiger partial charge in [0.2, 0.25) is 0 Å². The van der Waals surface area contributed by atoms with Gasteiger partial charge in [0.05, 0.1) is 5.57 Å². The molecule has 2 unspecified atom stereocenters. The maximum Gasteiger partial charge on any atom is 0.169 e. The Balaban J connectivity index is 1.85. The number of hydrogen-bond donors (Lipinski definition) is 1. The van der Waals surface area contributed by atoms with Gasteiger partial charge in [0.1, 0.15) is 5.76 Å². The van der Waals surface area contributed by atoms with Crippen molar-refractivity contribution < 1.29 is 9.90 Å². The summed E-state index contributed by atoms with van der Waals surface area (Å²) >= 11 is 0. The van der Waals surface area contributed by atoms with Crippen molar-refractivity contribution in [3.05, 3.63) is 64.9 Å². The van der Waals surface area contributed by atoms with Crippen molar-refractivity contribution in [3.63, 3.8) is 0 Å². The van der Waals surface area contributed by atoms with Crippen LogP contribution in [0.15, 0.2) is 48.2 Å². The summed E-state index contributed by atoms with van der Waals surface area (Å²) in [5.41, 5.74) is 5.97. The number of hydrogen-bond acceptors (Lipinski definition) is 2. The number of fused-ring (bicyclic) bond motifs is 2. The Morgan fingerprint density at radius 1 is 0.917 bits per heavy atom. The zero-order chi connectivity index (χ0) is 16.8. The van der Waals surface area contributed by atoms with E-state index in [0.29, 0.717) is 11.3 Å². The van der Waals surface area contributed by atoms with Crippen molar-refractivity contribution in [2.24, 2.45) is 11.8 Å². The van der Waals surface area contributed by atoms with Crippen LogP contribution in [0, 0.1) is 25.7 Å². The monoisotopic (exact) mass is 318 g/mol. The molecule has 2 bridgehead atoms. The molecule has 2 aliphatic rings. The fourth-order valence-corrected chi connectivity index (χ4v) is 4.41. The highest BCUT2D eigenvalue weighted by Crippen LogP contribution is 2.46. The fraction of sp³-hybridized carbons (Fsp3) is 0.318. The summed E-state index contributed by atoms with van der Waals surface area (Å²) in [5, 5.41) is 10.7. The molecule has 0 saturated heterocycles. The van der Waals surface area contributed by atoms with Crippen LogP contribution >= 0.6 is 0 Å². The largest absolute Gasteiger partial charge is 0.511 e. The molecule has 2 nitrogen and oxygen atoms in total. The van der Waals surface area contributed by atoms with E-state index < -0.39 is 0 Å². The van der Waals surface area contributed by atoms with Gasteiger partial charge < -0.3 is 5.11 Å². The molecule has 2 atom stereocenters. The number of aliphatic hydroxyl groups excluding tert-OH is 1. The Hall–Kier alpha value is -2.35. The lowest BCUT2D eigenvalue weighted by Gasteiger charge is -2.24. The lowest BCUT2D eigenvalue weighted by Crippen LogP contribution is -2.22. The molecule has 24 heavy (non-hydrogen) atoms. The third-order valence-electron chi connectivity index (χ3n) is 5.58. The van der Waals surface area contributed by atoms with E-state index in [9.17, 15) is 9.90 Å². The first kappa shape index (κ1) is 15.2. The second-order valence-corrected chi connectivity index (χ2v) is 7.18. The topological polar surface area (TPSA) is 37.3 Å². The molecule has 0 radical (unpaired) electrons. The lowest BCUT2D eigenvalue weighted by atomic mass is 9.80. The molecule has 2 aliphatic carbocycles. The molecule has 0 aliphatic heterocycles. The predicted octanol–water partition coefficient (Wildman–Crippen LogP) is 5.24. The molecular weight excluding hydrogens is 296 g/mol. The van der Waals surface area contributed by atoms with Crippen LogP contribution in [0.2, 0.25) is 0 Å². The van der Waals surface area contributed by atoms with Gasteiger partial charge in [-0.15, -0.1) is 0 Å². The second-order valence-electron chi connectivity index (χ2n) is 7.18. The molecule has 0 aromatic heterocycles. The summed E-state index contributed by atoms with van der Waals surface area (Å²) in [5.74, 6) is 0.746. The van der Waals surface area contributed by atoms with Crippen LogP contribution in [-0.4, -0.2) is 10.9 Å². The smallest absolute Gasteiger partial charge is 0.169 e. The van der Waals surface area contributed by atoms with Crippen molar-refractivity contribution in [1.29, 1.82) is 0 Å². The molecule has 0 spiro atoms. The van der Waals surface area contributed by atoms with Gasteiger partial charge in [0.15, 0.2) is 5.78 Å². The van der Waals surface area contributed by atoms with Gasteiger partial charge in [-0.1, -0.05) is 42.5 Å². The van der Waals surface area contributed by atoms with E-state index in [0.717, 1.165) is 41.5 Å². The maximum atomic E-state index is 12.8. The molecular formula is C22H22O2. The Kier molecular flexibility index (Phi) is 3.56. The normalized spacial score (nSPS) is 23.0. The molecule has 2 heteroatoms. The summed E-state index contributed by atoms with van der Waals surface area (Å²) in [6.07, 6.45) is 2.68. The number of carbonyl (C=O) groups excluding carboxylic acids is 1. The Morgan fingerprint density at radius 3 is 2.21 bits per heavy atom. The van der Waals surface area contributed by atoms with Gasteiger partial charge in [-0.3, -0.25) is 4.79 Å². The summed E-state index contributed by atoms with van der Waals surface area (Å²) < 4.78 is 0.